The molecular formula is C22H27NO3. The molecule has 4 nitrogen and oxygen atoms in total. The van der Waals surface area contributed by atoms with E-state index >= 15 is 0 Å². The Labute approximate surface area is 155 Å². The molecule has 2 aromatic rings. The van der Waals surface area contributed by atoms with E-state index < -0.39 is 0 Å². The third-order valence-electron chi connectivity index (χ3n) is 5.11. The molecule has 4 heteroatoms. The van der Waals surface area contributed by atoms with Gasteiger partial charge in [-0.2, -0.15) is 0 Å². The van der Waals surface area contributed by atoms with Crippen LogP contribution in [-0.4, -0.2) is 32.3 Å². The molecule has 138 valence electrons. The first-order valence-electron chi connectivity index (χ1n) is 9.38. The molecule has 0 aliphatic heterocycles. The number of rotatable bonds is 9. The van der Waals surface area contributed by atoms with Crippen LogP contribution in [0.15, 0.2) is 54.6 Å². The van der Waals surface area contributed by atoms with E-state index in [1.165, 1.54) is 12.0 Å². The summed E-state index contributed by atoms with van der Waals surface area (Å²) in [6.45, 7) is 4.22. The maximum atomic E-state index is 12.8. The largest absolute Gasteiger partial charge is 0.490 e. The summed E-state index contributed by atoms with van der Waals surface area (Å²) in [4.78, 5) is 12.8. The Morgan fingerprint density at radius 1 is 1.04 bits per heavy atom. The Balaban J connectivity index is 1.63. The number of benzene rings is 2. The van der Waals surface area contributed by atoms with Crippen LogP contribution in [0.1, 0.15) is 42.1 Å². The predicted molar refractivity (Wildman–Crippen MR) is 103 cm³/mol. The highest BCUT2D eigenvalue weighted by Crippen LogP contribution is 2.43. The number of hydrogen-bond donors (Lipinski definition) is 1. The molecule has 0 aromatic heterocycles. The Bertz CT molecular complexity index is 710. The van der Waals surface area contributed by atoms with Gasteiger partial charge in [-0.15, -0.1) is 0 Å². The average molecular weight is 353 g/mol. The van der Waals surface area contributed by atoms with Gasteiger partial charge in [0.25, 0.3) is 5.91 Å². The Kier molecular flexibility index (Phi) is 6.29. The number of para-hydroxylation sites is 1. The van der Waals surface area contributed by atoms with Crippen molar-refractivity contribution in [3.05, 3.63) is 65.7 Å². The van der Waals surface area contributed by atoms with E-state index in [1.807, 2.05) is 31.2 Å². The summed E-state index contributed by atoms with van der Waals surface area (Å²) in [5.41, 5.74) is 1.96. The fourth-order valence-electron chi connectivity index (χ4n) is 3.44. The monoisotopic (exact) mass is 353 g/mol. The number of nitrogens with one attached hydrogen (secondary N) is 1. The van der Waals surface area contributed by atoms with Gasteiger partial charge in [-0.3, -0.25) is 4.79 Å². The number of carbonyl (C=O) groups is 1. The average Bonchev–Trinajstić information content (AvgIpc) is 2.65. The van der Waals surface area contributed by atoms with Crippen LogP contribution in [0.5, 0.6) is 5.75 Å². The zero-order valence-corrected chi connectivity index (χ0v) is 15.4. The lowest BCUT2D eigenvalue weighted by molar-refractivity contribution is 0.0912. The quantitative estimate of drug-likeness (QED) is 0.694. The molecule has 0 bridgehead atoms. The van der Waals surface area contributed by atoms with E-state index in [-0.39, 0.29) is 11.3 Å². The minimum atomic E-state index is -0.0841. The van der Waals surface area contributed by atoms with Crippen molar-refractivity contribution < 1.29 is 14.3 Å². The fourth-order valence-corrected chi connectivity index (χ4v) is 3.44. The van der Waals surface area contributed by atoms with Crippen LogP contribution < -0.4 is 10.1 Å². The van der Waals surface area contributed by atoms with Gasteiger partial charge in [0, 0.05) is 18.6 Å². The molecule has 1 aliphatic rings. The molecule has 1 fully saturated rings. The van der Waals surface area contributed by atoms with Crippen molar-refractivity contribution in [3.8, 4) is 5.75 Å². The molecule has 1 N–H and O–H groups in total. The summed E-state index contributed by atoms with van der Waals surface area (Å²) in [7, 11) is 0. The van der Waals surface area contributed by atoms with Crippen molar-refractivity contribution in [2.24, 2.45) is 0 Å². The smallest absolute Gasteiger partial charge is 0.255 e. The molecule has 0 unspecified atom stereocenters. The lowest BCUT2D eigenvalue weighted by Gasteiger charge is -2.42. The fraction of sp³-hybridized carbons (Fsp3) is 0.409. The van der Waals surface area contributed by atoms with Crippen LogP contribution in [0, 0.1) is 0 Å². The lowest BCUT2D eigenvalue weighted by atomic mass is 9.64. The minimum Gasteiger partial charge on any atom is -0.490 e. The highest BCUT2D eigenvalue weighted by atomic mass is 16.5. The van der Waals surface area contributed by atoms with Crippen molar-refractivity contribution in [1.82, 2.24) is 5.32 Å². The van der Waals surface area contributed by atoms with Gasteiger partial charge in [0.05, 0.1) is 12.2 Å². The molecule has 0 radical (unpaired) electrons. The second-order valence-corrected chi connectivity index (χ2v) is 6.72. The van der Waals surface area contributed by atoms with Gasteiger partial charge >= 0.3 is 0 Å². The summed E-state index contributed by atoms with van der Waals surface area (Å²) in [5.74, 6) is 0.520. The highest BCUT2D eigenvalue weighted by Gasteiger charge is 2.38. The zero-order chi connectivity index (χ0) is 18.2. The third kappa shape index (κ3) is 4.25. The van der Waals surface area contributed by atoms with Crippen LogP contribution in [0.2, 0.25) is 0 Å². The molecule has 1 aliphatic carbocycles. The van der Waals surface area contributed by atoms with Gasteiger partial charge in [-0.05, 0) is 37.5 Å². The van der Waals surface area contributed by atoms with Crippen molar-refractivity contribution in [1.29, 1.82) is 0 Å². The summed E-state index contributed by atoms with van der Waals surface area (Å²) >= 11 is 0. The normalized spacial score (nSPS) is 15.1. The highest BCUT2D eigenvalue weighted by molar-refractivity contribution is 5.97. The Morgan fingerprint density at radius 2 is 1.77 bits per heavy atom. The van der Waals surface area contributed by atoms with Gasteiger partial charge < -0.3 is 14.8 Å². The number of ether oxygens (including phenoxy) is 2. The summed E-state index contributed by atoms with van der Waals surface area (Å²) in [6.07, 6.45) is 3.44. The second kappa shape index (κ2) is 8.86. The maximum absolute atomic E-state index is 12.8. The maximum Gasteiger partial charge on any atom is 0.255 e. The van der Waals surface area contributed by atoms with Gasteiger partial charge in [0.15, 0.2) is 0 Å². The topological polar surface area (TPSA) is 47.6 Å². The number of amides is 1. The SMILES string of the molecule is CCOCCOc1ccccc1C(=O)NCC1(c2ccccc2)CCC1. The summed E-state index contributed by atoms with van der Waals surface area (Å²) in [5, 5.41) is 3.13. The van der Waals surface area contributed by atoms with Crippen molar-refractivity contribution in [2.45, 2.75) is 31.6 Å². The van der Waals surface area contributed by atoms with Crippen LogP contribution in [0.25, 0.3) is 0 Å². The number of hydrogen-bond acceptors (Lipinski definition) is 3. The molecular weight excluding hydrogens is 326 g/mol. The molecule has 0 saturated heterocycles. The van der Waals surface area contributed by atoms with Gasteiger partial charge in [-0.25, -0.2) is 0 Å². The first kappa shape index (κ1) is 18.5. The van der Waals surface area contributed by atoms with Crippen LogP contribution in [0.3, 0.4) is 0 Å². The van der Waals surface area contributed by atoms with Gasteiger partial charge in [-0.1, -0.05) is 48.9 Å². The van der Waals surface area contributed by atoms with E-state index in [1.54, 1.807) is 6.07 Å². The molecule has 3 rings (SSSR count). The van der Waals surface area contributed by atoms with Crippen molar-refractivity contribution in [2.75, 3.05) is 26.4 Å². The number of carbonyl (C=O) groups excluding carboxylic acids is 1. The lowest BCUT2D eigenvalue weighted by Crippen LogP contribution is -2.45. The van der Waals surface area contributed by atoms with Gasteiger partial charge in [0.1, 0.15) is 12.4 Å². The minimum absolute atomic E-state index is 0.0711. The van der Waals surface area contributed by atoms with E-state index in [0.717, 1.165) is 12.8 Å². The first-order valence-corrected chi connectivity index (χ1v) is 9.38. The predicted octanol–water partition coefficient (Wildman–Crippen LogP) is 3.95. The molecule has 0 heterocycles. The van der Waals surface area contributed by atoms with Crippen molar-refractivity contribution >= 4 is 5.91 Å². The van der Waals surface area contributed by atoms with E-state index in [2.05, 4.69) is 29.6 Å². The van der Waals surface area contributed by atoms with Crippen molar-refractivity contribution in [3.63, 3.8) is 0 Å². The molecule has 0 spiro atoms. The van der Waals surface area contributed by atoms with Gasteiger partial charge in [0.2, 0.25) is 0 Å². The van der Waals surface area contributed by atoms with Crippen LogP contribution in [0.4, 0.5) is 0 Å². The zero-order valence-electron chi connectivity index (χ0n) is 15.4. The molecule has 0 atom stereocenters. The third-order valence-corrected chi connectivity index (χ3v) is 5.11. The standard InChI is InChI=1S/C22H27NO3/c1-2-25-15-16-26-20-12-7-6-11-19(20)21(24)23-17-22(13-8-14-22)18-9-4-3-5-10-18/h3-7,9-12H,2,8,13-17H2,1H3,(H,23,24). The molecule has 1 saturated carbocycles. The van der Waals surface area contributed by atoms with Crippen LogP contribution >= 0.6 is 0 Å². The Morgan fingerprint density at radius 3 is 2.46 bits per heavy atom. The molecule has 1 amide bonds. The van der Waals surface area contributed by atoms with E-state index in [4.69, 9.17) is 9.47 Å². The van der Waals surface area contributed by atoms with E-state index in [0.29, 0.717) is 37.7 Å². The Hall–Kier alpha value is -2.33. The van der Waals surface area contributed by atoms with E-state index in [9.17, 15) is 4.79 Å². The summed E-state index contributed by atoms with van der Waals surface area (Å²) in [6, 6.07) is 17.9. The molecule has 26 heavy (non-hydrogen) atoms. The summed E-state index contributed by atoms with van der Waals surface area (Å²) < 4.78 is 11.0. The second-order valence-electron chi connectivity index (χ2n) is 6.72. The first-order chi connectivity index (χ1) is 12.7. The molecule has 2 aromatic carbocycles. The van der Waals surface area contributed by atoms with Crippen LogP contribution in [-0.2, 0) is 10.2 Å².